The van der Waals surface area contributed by atoms with Gasteiger partial charge in [0, 0.05) is 0 Å². The first-order valence-corrected chi connectivity index (χ1v) is 5.67. The summed E-state index contributed by atoms with van der Waals surface area (Å²) in [7, 11) is 0. The first-order chi connectivity index (χ1) is 6.08. The van der Waals surface area contributed by atoms with E-state index in [0.29, 0.717) is 12.8 Å². The van der Waals surface area contributed by atoms with E-state index in [9.17, 15) is 13.9 Å². The van der Waals surface area contributed by atoms with Gasteiger partial charge in [-0.3, -0.25) is 0 Å². The predicted octanol–water partition coefficient (Wildman–Crippen LogP) is 3.55. The molecule has 4 heteroatoms. The molecule has 0 heterocycles. The second-order valence-corrected chi connectivity index (χ2v) is 6.19. The molecule has 0 spiro atoms. The lowest BCUT2D eigenvalue weighted by molar-refractivity contribution is -0.176. The number of hydrogen-bond donors (Lipinski definition) is 1. The van der Waals surface area contributed by atoms with E-state index < -0.39 is 10.4 Å². The molecule has 0 aliphatic heterocycles. The molecule has 1 nitrogen and oxygen atoms in total. The average molecular weight is 271 g/mol. The van der Waals surface area contributed by atoms with Crippen LogP contribution in [0.2, 0.25) is 0 Å². The normalized spacial score (nSPS) is 38.4. The molecule has 0 saturated heterocycles. The molecule has 0 aromatic heterocycles. The first-order valence-electron chi connectivity index (χ1n) is 4.88. The summed E-state index contributed by atoms with van der Waals surface area (Å²) >= 11 is 2.29. The molecule has 0 aromatic rings. The molecular weight excluding hydrogens is 254 g/mol. The summed E-state index contributed by atoms with van der Waals surface area (Å²) in [5, 5.41) is 9.91. The van der Waals surface area contributed by atoms with Crippen LogP contribution in [0, 0.1) is 11.3 Å². The third kappa shape index (κ3) is 2.11. The van der Waals surface area contributed by atoms with Crippen molar-refractivity contribution < 1.29 is 13.9 Å². The van der Waals surface area contributed by atoms with E-state index in [4.69, 9.17) is 0 Å². The van der Waals surface area contributed by atoms with Crippen LogP contribution in [0.1, 0.15) is 40.0 Å². The number of aliphatic hydroxyl groups is 1. The molecule has 2 atom stereocenters. The number of rotatable bonds is 1. The second-order valence-electron chi connectivity index (χ2n) is 5.19. The Kier molecular flexibility index (Phi) is 3.01. The van der Waals surface area contributed by atoms with E-state index >= 15 is 0 Å². The monoisotopic (exact) mass is 270 g/mol. The molecule has 14 heavy (non-hydrogen) atoms. The van der Waals surface area contributed by atoms with Gasteiger partial charge in [-0.15, -0.1) is 0 Å². The molecule has 1 aliphatic rings. The van der Waals surface area contributed by atoms with Crippen molar-refractivity contribution in [1.29, 1.82) is 0 Å². The van der Waals surface area contributed by atoms with Gasteiger partial charge in [0.25, 0.3) is 0 Å². The molecule has 0 bridgehead atoms. The van der Waals surface area contributed by atoms with Gasteiger partial charge in [0.1, 0.15) is 5.60 Å². The minimum Gasteiger partial charge on any atom is -0.382 e. The van der Waals surface area contributed by atoms with Crippen LogP contribution >= 0.6 is 15.9 Å². The Morgan fingerprint density at radius 2 is 1.86 bits per heavy atom. The highest BCUT2D eigenvalue weighted by Gasteiger charge is 2.57. The summed E-state index contributed by atoms with van der Waals surface area (Å²) in [6, 6.07) is 0. The second kappa shape index (κ2) is 3.41. The van der Waals surface area contributed by atoms with E-state index in [1.807, 2.05) is 0 Å². The van der Waals surface area contributed by atoms with Gasteiger partial charge in [0.15, 0.2) is 0 Å². The highest BCUT2D eigenvalue weighted by Crippen LogP contribution is 2.52. The third-order valence-electron chi connectivity index (χ3n) is 3.35. The number of halogens is 3. The van der Waals surface area contributed by atoms with Gasteiger partial charge in [-0.05, 0) is 46.5 Å². The molecule has 1 rings (SSSR count). The Morgan fingerprint density at radius 3 is 2.21 bits per heavy atom. The van der Waals surface area contributed by atoms with Gasteiger partial charge in [0.05, 0.1) is 0 Å². The summed E-state index contributed by atoms with van der Waals surface area (Å²) in [5.74, 6) is -0.388. The van der Waals surface area contributed by atoms with Crippen LogP contribution in [0.3, 0.4) is 0 Å². The quantitative estimate of drug-likeness (QED) is 0.723. The van der Waals surface area contributed by atoms with E-state index in [2.05, 4.69) is 29.8 Å². The third-order valence-corrected chi connectivity index (χ3v) is 4.03. The zero-order valence-corrected chi connectivity index (χ0v) is 10.4. The summed E-state index contributed by atoms with van der Waals surface area (Å²) in [4.78, 5) is -3.18. The zero-order valence-electron chi connectivity index (χ0n) is 8.78. The molecular formula is C10H17BrF2O. The van der Waals surface area contributed by atoms with Crippen LogP contribution < -0.4 is 0 Å². The maximum atomic E-state index is 13.2. The lowest BCUT2D eigenvalue weighted by atomic mass is 9.65. The molecule has 1 saturated carbocycles. The first kappa shape index (κ1) is 12.4. The van der Waals surface area contributed by atoms with Crippen LogP contribution in [0.15, 0.2) is 0 Å². The van der Waals surface area contributed by atoms with Crippen molar-refractivity contribution in [2.45, 2.75) is 50.5 Å². The van der Waals surface area contributed by atoms with Gasteiger partial charge in [-0.2, -0.15) is 8.78 Å². The molecule has 1 N–H and O–H groups in total. The van der Waals surface area contributed by atoms with E-state index in [1.54, 1.807) is 6.92 Å². The highest BCUT2D eigenvalue weighted by atomic mass is 79.9. The van der Waals surface area contributed by atoms with Crippen molar-refractivity contribution in [3.63, 3.8) is 0 Å². The van der Waals surface area contributed by atoms with Crippen molar-refractivity contribution in [3.05, 3.63) is 0 Å². The van der Waals surface area contributed by atoms with Crippen LogP contribution in [0.25, 0.3) is 0 Å². The average Bonchev–Trinajstić information content (AvgIpc) is 1.94. The van der Waals surface area contributed by atoms with Gasteiger partial charge in [-0.25, -0.2) is 0 Å². The van der Waals surface area contributed by atoms with Crippen molar-refractivity contribution in [3.8, 4) is 0 Å². The van der Waals surface area contributed by atoms with Gasteiger partial charge in [0.2, 0.25) is 0 Å². The van der Waals surface area contributed by atoms with Crippen molar-refractivity contribution in [2.75, 3.05) is 0 Å². The summed E-state index contributed by atoms with van der Waals surface area (Å²) in [6.45, 7) is 5.79. The summed E-state index contributed by atoms with van der Waals surface area (Å²) in [5.41, 5.74) is -1.83. The van der Waals surface area contributed by atoms with Crippen molar-refractivity contribution in [2.24, 2.45) is 11.3 Å². The number of alkyl halides is 3. The minimum atomic E-state index is -3.18. The van der Waals surface area contributed by atoms with E-state index in [1.165, 1.54) is 0 Å². The van der Waals surface area contributed by atoms with Crippen LogP contribution in [-0.2, 0) is 0 Å². The molecule has 84 valence electrons. The predicted molar refractivity (Wildman–Crippen MR) is 55.6 cm³/mol. The smallest absolute Gasteiger partial charge is 0.329 e. The fourth-order valence-corrected chi connectivity index (χ4v) is 2.89. The lowest BCUT2D eigenvalue weighted by Gasteiger charge is -2.46. The minimum absolute atomic E-state index is 0.0594. The fraction of sp³-hybridized carbons (Fsp3) is 1.00. The molecule has 1 fully saturated rings. The molecule has 0 radical (unpaired) electrons. The molecule has 1 aliphatic carbocycles. The fourth-order valence-electron chi connectivity index (χ4n) is 2.30. The Bertz CT molecular complexity index is 225. The highest BCUT2D eigenvalue weighted by molar-refractivity contribution is 9.10. The van der Waals surface area contributed by atoms with E-state index in [-0.39, 0.29) is 17.8 Å². The van der Waals surface area contributed by atoms with Gasteiger partial charge < -0.3 is 5.11 Å². The summed E-state index contributed by atoms with van der Waals surface area (Å²) in [6.07, 6.45) is 1.42. The molecule has 0 aromatic carbocycles. The van der Waals surface area contributed by atoms with Crippen LogP contribution in [0.4, 0.5) is 8.78 Å². The maximum Gasteiger partial charge on any atom is 0.329 e. The standard InChI is InChI=1S/C10H17BrF2O/c1-7-6-8(2,3)4-5-9(7,14)10(11,12)13/h7,14H,4-6H2,1-3H3. The van der Waals surface area contributed by atoms with Crippen molar-refractivity contribution in [1.82, 2.24) is 0 Å². The Hall–Kier alpha value is 0.300. The Balaban J connectivity index is 2.85. The summed E-state index contributed by atoms with van der Waals surface area (Å²) < 4.78 is 26.3. The zero-order chi connectivity index (χ0) is 11.2. The lowest BCUT2D eigenvalue weighted by Crippen LogP contribution is -2.53. The maximum absolute atomic E-state index is 13.2. The SMILES string of the molecule is CC1CC(C)(C)CCC1(O)C(F)(F)Br. The molecule has 0 amide bonds. The van der Waals surface area contributed by atoms with Gasteiger partial charge >= 0.3 is 4.83 Å². The molecule has 2 unspecified atom stereocenters. The largest absolute Gasteiger partial charge is 0.382 e. The Morgan fingerprint density at radius 1 is 1.36 bits per heavy atom. The van der Waals surface area contributed by atoms with Crippen LogP contribution in [-0.4, -0.2) is 15.5 Å². The van der Waals surface area contributed by atoms with Crippen LogP contribution in [0.5, 0.6) is 0 Å². The topological polar surface area (TPSA) is 20.2 Å². The van der Waals surface area contributed by atoms with E-state index in [0.717, 1.165) is 0 Å². The van der Waals surface area contributed by atoms with Gasteiger partial charge in [-0.1, -0.05) is 20.8 Å². The van der Waals surface area contributed by atoms with Crippen molar-refractivity contribution >= 4 is 15.9 Å². The Labute approximate surface area is 92.0 Å². The number of hydrogen-bond acceptors (Lipinski definition) is 1.